The van der Waals surface area contributed by atoms with Crippen LogP contribution < -0.4 is 10.6 Å². The van der Waals surface area contributed by atoms with Crippen molar-refractivity contribution in [1.82, 2.24) is 9.97 Å². The van der Waals surface area contributed by atoms with E-state index in [1.807, 2.05) is 13.0 Å². The highest BCUT2D eigenvalue weighted by atomic mass is 16.5. The van der Waals surface area contributed by atoms with Crippen molar-refractivity contribution in [3.8, 4) is 0 Å². The third-order valence-electron chi connectivity index (χ3n) is 2.78. The van der Waals surface area contributed by atoms with Crippen LogP contribution in [0.25, 0.3) is 0 Å². The first-order valence-electron chi connectivity index (χ1n) is 5.67. The van der Waals surface area contributed by atoms with Crippen LogP contribution in [0.5, 0.6) is 0 Å². The van der Waals surface area contributed by atoms with Gasteiger partial charge >= 0.3 is 0 Å². The Hall–Kier alpha value is -1.20. The van der Waals surface area contributed by atoms with Crippen LogP contribution in [0.4, 0.5) is 5.82 Å². The smallest absolute Gasteiger partial charge is 0.132 e. The maximum absolute atomic E-state index is 5.59. The van der Waals surface area contributed by atoms with Crippen LogP contribution in [0, 0.1) is 5.92 Å². The zero-order valence-electron chi connectivity index (χ0n) is 9.59. The number of hydrogen-bond acceptors (Lipinski definition) is 5. The summed E-state index contributed by atoms with van der Waals surface area (Å²) in [7, 11) is 0. The second kappa shape index (κ2) is 5.23. The third kappa shape index (κ3) is 2.48. The minimum Gasteiger partial charge on any atom is -0.375 e. The van der Waals surface area contributed by atoms with E-state index in [4.69, 9.17) is 10.5 Å². The summed E-state index contributed by atoms with van der Waals surface area (Å²) in [6.07, 6.45) is 1.60. The van der Waals surface area contributed by atoms with Gasteiger partial charge in [0.15, 0.2) is 0 Å². The van der Waals surface area contributed by atoms with Gasteiger partial charge in [-0.05, 0) is 13.5 Å². The van der Waals surface area contributed by atoms with Gasteiger partial charge in [0.05, 0.1) is 12.3 Å². The fourth-order valence-electron chi connectivity index (χ4n) is 1.75. The van der Waals surface area contributed by atoms with E-state index in [-0.39, 0.29) is 0 Å². The van der Waals surface area contributed by atoms with Crippen molar-refractivity contribution >= 4 is 5.82 Å². The van der Waals surface area contributed by atoms with E-state index in [1.54, 1.807) is 6.33 Å². The molecule has 2 heterocycles. The molecule has 1 aromatic rings. The summed E-state index contributed by atoms with van der Waals surface area (Å²) in [5.41, 5.74) is 6.52. The number of hydrogen-bond donors (Lipinski definition) is 1. The minimum absolute atomic E-state index is 0.556. The SMILES string of the molecule is CCOCc1cc(N2CC(CN)C2)ncn1. The minimum atomic E-state index is 0.556. The van der Waals surface area contributed by atoms with Crippen molar-refractivity contribution in [2.75, 3.05) is 31.1 Å². The molecule has 0 bridgehead atoms. The molecule has 1 saturated heterocycles. The number of ether oxygens (including phenoxy) is 1. The average molecular weight is 222 g/mol. The monoisotopic (exact) mass is 222 g/mol. The quantitative estimate of drug-likeness (QED) is 0.781. The Morgan fingerprint density at radius 2 is 2.31 bits per heavy atom. The molecule has 2 N–H and O–H groups in total. The average Bonchev–Trinajstić information content (AvgIpc) is 2.26. The summed E-state index contributed by atoms with van der Waals surface area (Å²) in [6.45, 7) is 6.00. The molecule has 0 spiro atoms. The normalized spacial score (nSPS) is 16.2. The molecular weight excluding hydrogens is 204 g/mol. The Morgan fingerprint density at radius 3 is 3.00 bits per heavy atom. The van der Waals surface area contributed by atoms with Crippen molar-refractivity contribution in [1.29, 1.82) is 0 Å². The van der Waals surface area contributed by atoms with Crippen LogP contribution in [0.1, 0.15) is 12.6 Å². The van der Waals surface area contributed by atoms with Crippen LogP contribution >= 0.6 is 0 Å². The Bertz CT molecular complexity index is 339. The summed E-state index contributed by atoms with van der Waals surface area (Å²) < 4.78 is 5.32. The molecule has 0 aromatic carbocycles. The van der Waals surface area contributed by atoms with Gasteiger partial charge in [0.25, 0.3) is 0 Å². The largest absolute Gasteiger partial charge is 0.375 e. The highest BCUT2D eigenvalue weighted by Gasteiger charge is 2.26. The summed E-state index contributed by atoms with van der Waals surface area (Å²) in [5.74, 6) is 1.60. The van der Waals surface area contributed by atoms with E-state index in [9.17, 15) is 0 Å². The summed E-state index contributed by atoms with van der Waals surface area (Å²) in [4.78, 5) is 10.6. The molecule has 1 fully saturated rings. The van der Waals surface area contributed by atoms with Gasteiger partial charge in [-0.15, -0.1) is 0 Å². The van der Waals surface area contributed by atoms with Gasteiger partial charge in [0.2, 0.25) is 0 Å². The molecule has 5 heteroatoms. The van der Waals surface area contributed by atoms with Crippen LogP contribution in [-0.2, 0) is 11.3 Å². The van der Waals surface area contributed by atoms with Crippen molar-refractivity contribution in [2.24, 2.45) is 11.7 Å². The number of nitrogens with zero attached hydrogens (tertiary/aromatic N) is 3. The summed E-state index contributed by atoms with van der Waals surface area (Å²) in [6, 6.07) is 1.99. The van der Waals surface area contributed by atoms with Crippen molar-refractivity contribution in [2.45, 2.75) is 13.5 Å². The molecule has 0 aliphatic carbocycles. The van der Waals surface area contributed by atoms with Crippen LogP contribution in [0.15, 0.2) is 12.4 Å². The summed E-state index contributed by atoms with van der Waals surface area (Å²) >= 11 is 0. The van der Waals surface area contributed by atoms with Gasteiger partial charge in [-0.25, -0.2) is 9.97 Å². The van der Waals surface area contributed by atoms with Gasteiger partial charge in [-0.2, -0.15) is 0 Å². The van der Waals surface area contributed by atoms with Crippen LogP contribution in [0.3, 0.4) is 0 Å². The zero-order valence-corrected chi connectivity index (χ0v) is 9.59. The zero-order chi connectivity index (χ0) is 11.4. The van der Waals surface area contributed by atoms with Gasteiger partial charge in [-0.3, -0.25) is 0 Å². The molecule has 5 nitrogen and oxygen atoms in total. The molecule has 0 saturated carbocycles. The van der Waals surface area contributed by atoms with Crippen LogP contribution in [0.2, 0.25) is 0 Å². The fraction of sp³-hybridized carbons (Fsp3) is 0.636. The van der Waals surface area contributed by atoms with Gasteiger partial charge in [-0.1, -0.05) is 0 Å². The summed E-state index contributed by atoms with van der Waals surface area (Å²) in [5, 5.41) is 0. The standard InChI is InChI=1S/C11H18N4O/c1-2-16-7-10-3-11(14-8-13-10)15-5-9(4-12)6-15/h3,8-9H,2,4-7,12H2,1H3. The van der Waals surface area contributed by atoms with Gasteiger partial charge in [0.1, 0.15) is 12.1 Å². The molecule has 0 atom stereocenters. The lowest BCUT2D eigenvalue weighted by Gasteiger charge is -2.39. The number of aromatic nitrogens is 2. The Morgan fingerprint density at radius 1 is 1.50 bits per heavy atom. The molecule has 0 unspecified atom stereocenters. The number of nitrogens with two attached hydrogens (primary N) is 1. The molecule has 16 heavy (non-hydrogen) atoms. The predicted molar refractivity (Wildman–Crippen MR) is 62.1 cm³/mol. The molecule has 0 amide bonds. The predicted octanol–water partition coefficient (Wildman–Crippen LogP) is 0.408. The number of rotatable bonds is 5. The lowest BCUT2D eigenvalue weighted by atomic mass is 10.0. The molecule has 1 aliphatic rings. The maximum atomic E-state index is 5.59. The lowest BCUT2D eigenvalue weighted by molar-refractivity contribution is 0.131. The van der Waals surface area contributed by atoms with Crippen LogP contribution in [-0.4, -0.2) is 36.2 Å². The topological polar surface area (TPSA) is 64.3 Å². The molecule has 1 aromatic heterocycles. The van der Waals surface area contributed by atoms with E-state index in [0.717, 1.165) is 31.1 Å². The van der Waals surface area contributed by atoms with Gasteiger partial charge in [0, 0.05) is 31.7 Å². The van der Waals surface area contributed by atoms with Crippen molar-refractivity contribution in [3.05, 3.63) is 18.1 Å². The molecular formula is C11H18N4O. The molecule has 2 rings (SSSR count). The molecule has 88 valence electrons. The first-order valence-corrected chi connectivity index (χ1v) is 5.67. The highest BCUT2D eigenvalue weighted by Crippen LogP contribution is 2.21. The maximum Gasteiger partial charge on any atom is 0.132 e. The third-order valence-corrected chi connectivity index (χ3v) is 2.78. The first-order chi connectivity index (χ1) is 7.83. The van der Waals surface area contributed by atoms with Crippen molar-refractivity contribution in [3.63, 3.8) is 0 Å². The fourth-order valence-corrected chi connectivity index (χ4v) is 1.75. The Balaban J connectivity index is 1.94. The Labute approximate surface area is 95.6 Å². The Kier molecular flexibility index (Phi) is 3.69. The van der Waals surface area contributed by atoms with E-state index in [0.29, 0.717) is 19.1 Å². The van der Waals surface area contributed by atoms with E-state index in [1.165, 1.54) is 0 Å². The lowest BCUT2D eigenvalue weighted by Crippen LogP contribution is -2.50. The number of anilines is 1. The highest BCUT2D eigenvalue weighted by molar-refractivity contribution is 5.41. The second-order valence-corrected chi connectivity index (χ2v) is 4.01. The van der Waals surface area contributed by atoms with Gasteiger partial charge < -0.3 is 15.4 Å². The molecule has 1 aliphatic heterocycles. The van der Waals surface area contributed by atoms with E-state index < -0.39 is 0 Å². The van der Waals surface area contributed by atoms with E-state index >= 15 is 0 Å². The van der Waals surface area contributed by atoms with Crippen molar-refractivity contribution < 1.29 is 4.74 Å². The first kappa shape index (κ1) is 11.3. The van der Waals surface area contributed by atoms with E-state index in [2.05, 4.69) is 14.9 Å². The second-order valence-electron chi connectivity index (χ2n) is 4.01. The molecule has 0 radical (unpaired) electrons.